The van der Waals surface area contributed by atoms with Crippen LogP contribution in [0.5, 0.6) is 0 Å². The molecule has 0 aliphatic carbocycles. The van der Waals surface area contributed by atoms with Crippen LogP contribution in [0.1, 0.15) is 63.6 Å². The van der Waals surface area contributed by atoms with Crippen molar-refractivity contribution in [2.24, 2.45) is 5.73 Å². The van der Waals surface area contributed by atoms with E-state index in [-0.39, 0.29) is 30.3 Å². The molecule has 1 atom stereocenters. The molecule has 0 bridgehead atoms. The predicted octanol–water partition coefficient (Wildman–Crippen LogP) is 1.61. The van der Waals surface area contributed by atoms with E-state index in [1.807, 2.05) is 4.90 Å². The molecule has 2 rings (SSSR count). The molecule has 154 valence electrons. The number of carbonyl (C=O) groups is 2. The molecule has 8 nitrogen and oxygen atoms in total. The van der Waals surface area contributed by atoms with Crippen LogP contribution in [0.3, 0.4) is 0 Å². The molecule has 3 N–H and O–H groups in total. The molecule has 1 aromatic heterocycles. The smallest absolute Gasteiger partial charge is 0.226 e. The van der Waals surface area contributed by atoms with Gasteiger partial charge in [0.25, 0.3) is 0 Å². The lowest BCUT2D eigenvalue weighted by Crippen LogP contribution is -2.49. The third-order valence-electron chi connectivity index (χ3n) is 4.62. The van der Waals surface area contributed by atoms with Crippen molar-refractivity contribution in [1.82, 2.24) is 20.4 Å². The second kappa shape index (κ2) is 12.7. The Morgan fingerprint density at radius 2 is 2.11 bits per heavy atom. The lowest BCUT2D eigenvalue weighted by molar-refractivity contribution is -0.135. The number of halogens is 1. The van der Waals surface area contributed by atoms with Crippen molar-refractivity contribution in [3.8, 4) is 0 Å². The normalized spacial score (nSPS) is 16.7. The quantitative estimate of drug-likeness (QED) is 0.615. The van der Waals surface area contributed by atoms with Gasteiger partial charge in [-0.3, -0.25) is 9.59 Å². The average Bonchev–Trinajstić information content (AvgIpc) is 3.08. The van der Waals surface area contributed by atoms with Crippen LogP contribution in [0.2, 0.25) is 0 Å². The molecule has 0 saturated carbocycles. The third kappa shape index (κ3) is 7.84. The molecule has 2 amide bonds. The second-order valence-electron chi connectivity index (χ2n) is 6.79. The van der Waals surface area contributed by atoms with Crippen molar-refractivity contribution in [3.05, 3.63) is 11.7 Å². The van der Waals surface area contributed by atoms with E-state index in [9.17, 15) is 9.59 Å². The first-order valence-electron chi connectivity index (χ1n) is 9.71. The molecule has 1 aliphatic heterocycles. The van der Waals surface area contributed by atoms with E-state index < -0.39 is 0 Å². The van der Waals surface area contributed by atoms with Crippen LogP contribution in [0.25, 0.3) is 0 Å². The maximum atomic E-state index is 12.6. The summed E-state index contributed by atoms with van der Waals surface area (Å²) in [5, 5.41) is 6.82. The first-order valence-corrected chi connectivity index (χ1v) is 9.71. The Balaban J connectivity index is 0.00000364. The van der Waals surface area contributed by atoms with Crippen molar-refractivity contribution >= 4 is 24.2 Å². The van der Waals surface area contributed by atoms with Gasteiger partial charge in [-0.15, -0.1) is 12.4 Å². The van der Waals surface area contributed by atoms with Crippen LogP contribution in [0.4, 0.5) is 0 Å². The van der Waals surface area contributed by atoms with Crippen LogP contribution in [-0.2, 0) is 22.4 Å². The highest BCUT2D eigenvalue weighted by Crippen LogP contribution is 2.18. The van der Waals surface area contributed by atoms with E-state index >= 15 is 0 Å². The molecular formula is C18H32ClN5O3. The number of aryl methyl sites for hydroxylation is 2. The monoisotopic (exact) mass is 401 g/mol. The molecule has 0 radical (unpaired) electrons. The maximum absolute atomic E-state index is 12.6. The van der Waals surface area contributed by atoms with Gasteiger partial charge in [0.1, 0.15) is 0 Å². The Morgan fingerprint density at radius 1 is 1.30 bits per heavy atom. The van der Waals surface area contributed by atoms with Gasteiger partial charge in [-0.1, -0.05) is 12.1 Å². The van der Waals surface area contributed by atoms with Crippen molar-refractivity contribution in [2.75, 3.05) is 19.6 Å². The topological polar surface area (TPSA) is 114 Å². The minimum atomic E-state index is -0.0512. The first-order chi connectivity index (χ1) is 12.6. The van der Waals surface area contributed by atoms with Crippen molar-refractivity contribution < 1.29 is 14.1 Å². The largest absolute Gasteiger partial charge is 0.354 e. The number of likely N-dealkylation sites (tertiary alicyclic amines) is 1. The van der Waals surface area contributed by atoms with Gasteiger partial charge in [0.2, 0.25) is 17.7 Å². The third-order valence-corrected chi connectivity index (χ3v) is 4.62. The van der Waals surface area contributed by atoms with E-state index in [4.69, 9.17) is 10.3 Å². The van der Waals surface area contributed by atoms with E-state index in [0.29, 0.717) is 44.7 Å². The number of nitrogens with two attached hydrogens (primary N) is 1. The molecule has 9 heteroatoms. The predicted molar refractivity (Wildman–Crippen MR) is 105 cm³/mol. The van der Waals surface area contributed by atoms with E-state index in [1.54, 1.807) is 0 Å². The summed E-state index contributed by atoms with van der Waals surface area (Å²) < 4.78 is 5.21. The Hall–Kier alpha value is -1.67. The number of carbonyl (C=O) groups excluding carboxylic acids is 2. The number of aromatic nitrogens is 2. The van der Waals surface area contributed by atoms with Gasteiger partial charge in [0.05, 0.1) is 0 Å². The summed E-state index contributed by atoms with van der Waals surface area (Å²) in [5.74, 6) is 1.42. The van der Waals surface area contributed by atoms with Crippen LogP contribution in [0.15, 0.2) is 4.52 Å². The zero-order chi connectivity index (χ0) is 18.8. The minimum Gasteiger partial charge on any atom is -0.354 e. The summed E-state index contributed by atoms with van der Waals surface area (Å²) in [6, 6.07) is 0.0811. The Labute approximate surface area is 167 Å². The average molecular weight is 402 g/mol. The summed E-state index contributed by atoms with van der Waals surface area (Å²) in [7, 11) is 0. The van der Waals surface area contributed by atoms with Crippen LogP contribution in [-0.4, -0.2) is 52.5 Å². The number of piperidine rings is 1. The van der Waals surface area contributed by atoms with E-state index in [2.05, 4.69) is 22.4 Å². The van der Waals surface area contributed by atoms with Gasteiger partial charge in [-0.25, -0.2) is 0 Å². The second-order valence-corrected chi connectivity index (χ2v) is 6.79. The van der Waals surface area contributed by atoms with Crippen LogP contribution >= 0.6 is 12.4 Å². The number of rotatable bonds is 10. The first kappa shape index (κ1) is 23.4. The molecule has 1 aliphatic rings. The highest BCUT2D eigenvalue weighted by Gasteiger charge is 2.26. The summed E-state index contributed by atoms with van der Waals surface area (Å²) in [5.41, 5.74) is 5.39. The maximum Gasteiger partial charge on any atom is 0.226 e. The minimum absolute atomic E-state index is 0. The zero-order valence-corrected chi connectivity index (χ0v) is 16.9. The molecule has 1 aromatic rings. The number of hydrogen-bond acceptors (Lipinski definition) is 6. The molecule has 0 spiro atoms. The molecular weight excluding hydrogens is 370 g/mol. The number of amides is 2. The van der Waals surface area contributed by atoms with Crippen LogP contribution in [0, 0.1) is 0 Å². The summed E-state index contributed by atoms with van der Waals surface area (Å²) >= 11 is 0. The molecule has 1 saturated heterocycles. The Bertz CT molecular complexity index is 581. The summed E-state index contributed by atoms with van der Waals surface area (Å²) in [6.45, 7) is 3.68. The SMILES string of the molecule is CCCc1noc(CCCC(=O)N2CCCCC2CNC(=O)CCN)n1.Cl. The van der Waals surface area contributed by atoms with E-state index in [0.717, 1.165) is 44.5 Å². The fraction of sp³-hybridized carbons (Fsp3) is 0.778. The molecule has 1 unspecified atom stereocenters. The lowest BCUT2D eigenvalue weighted by atomic mass is 10.0. The molecule has 0 aromatic carbocycles. The fourth-order valence-electron chi connectivity index (χ4n) is 3.24. The van der Waals surface area contributed by atoms with Crippen molar-refractivity contribution in [1.29, 1.82) is 0 Å². The number of hydrogen-bond donors (Lipinski definition) is 2. The Kier molecular flexibility index (Phi) is 11.0. The van der Waals surface area contributed by atoms with Gasteiger partial charge >= 0.3 is 0 Å². The molecule has 27 heavy (non-hydrogen) atoms. The van der Waals surface area contributed by atoms with Crippen LogP contribution < -0.4 is 11.1 Å². The molecule has 1 fully saturated rings. The standard InChI is InChI=1S/C18H31N5O3.ClH/c1-2-6-15-21-17(26-22-15)8-5-9-18(25)23-12-4-3-7-14(23)13-20-16(24)10-11-19;/h14H,2-13,19H2,1H3,(H,20,24);1H. The van der Waals surface area contributed by atoms with Crippen molar-refractivity contribution in [3.63, 3.8) is 0 Å². The van der Waals surface area contributed by atoms with Gasteiger partial charge in [0, 0.05) is 51.4 Å². The lowest BCUT2D eigenvalue weighted by Gasteiger charge is -2.36. The van der Waals surface area contributed by atoms with Gasteiger partial charge in [-0.05, 0) is 32.1 Å². The highest BCUT2D eigenvalue weighted by atomic mass is 35.5. The van der Waals surface area contributed by atoms with Gasteiger partial charge in [0.15, 0.2) is 5.82 Å². The fourth-order valence-corrected chi connectivity index (χ4v) is 3.24. The Morgan fingerprint density at radius 3 is 2.85 bits per heavy atom. The summed E-state index contributed by atoms with van der Waals surface area (Å²) in [4.78, 5) is 30.5. The van der Waals surface area contributed by atoms with Gasteiger partial charge in [-0.2, -0.15) is 4.98 Å². The number of nitrogens with one attached hydrogen (secondary N) is 1. The van der Waals surface area contributed by atoms with E-state index in [1.165, 1.54) is 0 Å². The van der Waals surface area contributed by atoms with Crippen molar-refractivity contribution in [2.45, 2.75) is 70.8 Å². The zero-order valence-electron chi connectivity index (χ0n) is 16.1. The number of nitrogens with zero attached hydrogens (tertiary/aromatic N) is 3. The van der Waals surface area contributed by atoms with Gasteiger partial charge < -0.3 is 20.5 Å². The molecule has 2 heterocycles. The summed E-state index contributed by atoms with van der Waals surface area (Å²) in [6.07, 6.45) is 6.92. The highest BCUT2D eigenvalue weighted by molar-refractivity contribution is 5.85.